The summed E-state index contributed by atoms with van der Waals surface area (Å²) < 4.78 is 0. The maximum atomic E-state index is 12.1. The molecule has 0 radical (unpaired) electrons. The molecular weight excluding hydrogens is 256 g/mol. The van der Waals surface area contributed by atoms with Crippen molar-refractivity contribution in [3.8, 4) is 0 Å². The fraction of sp³-hybridized carbons (Fsp3) is 0.200. The van der Waals surface area contributed by atoms with Gasteiger partial charge < -0.3 is 5.32 Å². The molecule has 0 aromatic heterocycles. The van der Waals surface area contributed by atoms with E-state index in [9.17, 15) is 9.59 Å². The summed E-state index contributed by atoms with van der Waals surface area (Å²) in [6.45, 7) is 0. The van der Waals surface area contributed by atoms with Crippen LogP contribution in [0.4, 0.5) is 0 Å². The largest absolute Gasteiger partial charge is 0.358 e. The zero-order valence-corrected chi connectivity index (χ0v) is 11.1. The number of hydrogen-bond donors (Lipinski definition) is 3. The van der Waals surface area contributed by atoms with Gasteiger partial charge in [0.1, 0.15) is 0 Å². The molecule has 5 nitrogen and oxygen atoms in total. The van der Waals surface area contributed by atoms with Crippen molar-refractivity contribution in [1.29, 1.82) is 0 Å². The predicted molar refractivity (Wildman–Crippen MR) is 74.6 cm³/mol. The third-order valence-electron chi connectivity index (χ3n) is 3.39. The van der Waals surface area contributed by atoms with Crippen LogP contribution in [0.5, 0.6) is 0 Å². The molecule has 20 heavy (non-hydrogen) atoms. The van der Waals surface area contributed by atoms with Crippen molar-refractivity contribution in [2.24, 2.45) is 5.41 Å². The minimum Gasteiger partial charge on any atom is -0.358 e. The second-order valence-electron chi connectivity index (χ2n) is 4.56. The second kappa shape index (κ2) is 5.71. The van der Waals surface area contributed by atoms with E-state index < -0.39 is 17.2 Å². The van der Waals surface area contributed by atoms with Gasteiger partial charge in [0, 0.05) is 7.05 Å². The van der Waals surface area contributed by atoms with Crippen LogP contribution in [-0.4, -0.2) is 24.1 Å². The first-order chi connectivity index (χ1) is 9.64. The lowest BCUT2D eigenvalue weighted by Gasteiger charge is -2.28. The number of hydrogen-bond acceptors (Lipinski definition) is 3. The molecule has 1 aromatic carbocycles. The van der Waals surface area contributed by atoms with Crippen molar-refractivity contribution in [2.75, 3.05) is 7.05 Å². The quantitative estimate of drug-likeness (QED) is 0.440. The van der Waals surface area contributed by atoms with Crippen molar-refractivity contribution in [3.63, 3.8) is 0 Å². The van der Waals surface area contributed by atoms with E-state index in [1.165, 1.54) is 7.05 Å². The molecule has 0 saturated carbocycles. The van der Waals surface area contributed by atoms with Gasteiger partial charge in [0.2, 0.25) is 5.91 Å². The molecule has 0 fully saturated rings. The number of carbonyl (C=O) groups excluding carboxylic acids is 2. The van der Waals surface area contributed by atoms with E-state index in [1.807, 2.05) is 36.4 Å². The summed E-state index contributed by atoms with van der Waals surface area (Å²) in [5.74, 6) is -1.20. The van der Waals surface area contributed by atoms with Crippen LogP contribution < -0.4 is 10.8 Å². The Labute approximate surface area is 117 Å². The van der Waals surface area contributed by atoms with Crippen molar-refractivity contribution < 1.29 is 14.8 Å². The minimum absolute atomic E-state index is 0.204. The number of allylic oxidation sites excluding steroid dienone is 3. The Morgan fingerprint density at radius 3 is 2.50 bits per heavy atom. The van der Waals surface area contributed by atoms with Crippen LogP contribution in [0.15, 0.2) is 48.6 Å². The summed E-state index contributed by atoms with van der Waals surface area (Å²) in [4.78, 5) is 24.1. The normalized spacial score (nSPS) is 21.0. The van der Waals surface area contributed by atoms with Crippen LogP contribution in [0.2, 0.25) is 0 Å². The molecule has 2 rings (SSSR count). The van der Waals surface area contributed by atoms with Gasteiger partial charge in [-0.2, -0.15) is 0 Å². The molecule has 1 aromatic rings. The summed E-state index contributed by atoms with van der Waals surface area (Å²) in [7, 11) is 1.46. The van der Waals surface area contributed by atoms with Gasteiger partial charge >= 0.3 is 0 Å². The first kappa shape index (κ1) is 14.0. The molecule has 1 unspecified atom stereocenters. The standard InChI is InChI=1S/C15H16N2O3/c1-16-13(18)15(14(19)17-20)9-5-8-12(10-15)11-6-3-2-4-7-11/h2-8,10,20H,9H2,1H3,(H,16,18)(H,17,19). The molecule has 0 spiro atoms. The lowest BCUT2D eigenvalue weighted by Crippen LogP contribution is -2.49. The predicted octanol–water partition coefficient (Wildman–Crippen LogP) is 1.27. The van der Waals surface area contributed by atoms with Gasteiger partial charge in [0.15, 0.2) is 5.41 Å². The first-order valence-corrected chi connectivity index (χ1v) is 6.25. The molecular formula is C15H16N2O3. The van der Waals surface area contributed by atoms with Crippen LogP contribution in [0.25, 0.3) is 5.57 Å². The van der Waals surface area contributed by atoms with Gasteiger partial charge in [-0.3, -0.25) is 14.8 Å². The first-order valence-electron chi connectivity index (χ1n) is 6.25. The average molecular weight is 272 g/mol. The Morgan fingerprint density at radius 1 is 1.20 bits per heavy atom. The number of benzene rings is 1. The minimum atomic E-state index is -1.43. The van der Waals surface area contributed by atoms with Crippen LogP contribution in [0, 0.1) is 5.41 Å². The smallest absolute Gasteiger partial charge is 0.263 e. The molecule has 0 aliphatic heterocycles. The summed E-state index contributed by atoms with van der Waals surface area (Å²) >= 11 is 0. The topological polar surface area (TPSA) is 78.4 Å². The summed E-state index contributed by atoms with van der Waals surface area (Å²) in [5.41, 5.74) is 1.83. The Morgan fingerprint density at radius 2 is 1.90 bits per heavy atom. The highest BCUT2D eigenvalue weighted by molar-refractivity contribution is 6.09. The number of nitrogens with one attached hydrogen (secondary N) is 2. The lowest BCUT2D eigenvalue weighted by molar-refractivity contribution is -0.145. The van der Waals surface area contributed by atoms with E-state index in [0.29, 0.717) is 0 Å². The molecule has 2 amide bonds. The SMILES string of the molecule is CNC(=O)C1(C(=O)NO)C=C(c2ccccc2)C=CC1. The van der Waals surface area contributed by atoms with Gasteiger partial charge in [-0.05, 0) is 17.6 Å². The molecule has 0 saturated heterocycles. The van der Waals surface area contributed by atoms with Crippen LogP contribution in [0.3, 0.4) is 0 Å². The maximum Gasteiger partial charge on any atom is 0.263 e. The molecule has 5 heteroatoms. The van der Waals surface area contributed by atoms with Crippen LogP contribution in [0.1, 0.15) is 12.0 Å². The molecule has 0 heterocycles. The Balaban J connectivity index is 2.50. The number of amides is 2. The third-order valence-corrected chi connectivity index (χ3v) is 3.39. The van der Waals surface area contributed by atoms with E-state index >= 15 is 0 Å². The van der Waals surface area contributed by atoms with Crippen molar-refractivity contribution in [3.05, 3.63) is 54.1 Å². The van der Waals surface area contributed by atoms with Crippen molar-refractivity contribution >= 4 is 17.4 Å². The molecule has 1 aliphatic rings. The van der Waals surface area contributed by atoms with Gasteiger partial charge in [-0.15, -0.1) is 0 Å². The van der Waals surface area contributed by atoms with Crippen LogP contribution >= 0.6 is 0 Å². The van der Waals surface area contributed by atoms with Gasteiger partial charge in [0.05, 0.1) is 0 Å². The fourth-order valence-electron chi connectivity index (χ4n) is 2.30. The number of carbonyl (C=O) groups is 2. The number of hydroxylamine groups is 1. The van der Waals surface area contributed by atoms with E-state index in [2.05, 4.69) is 5.32 Å². The van der Waals surface area contributed by atoms with Crippen molar-refractivity contribution in [1.82, 2.24) is 10.8 Å². The Bertz CT molecular complexity index is 560. The maximum absolute atomic E-state index is 12.1. The molecule has 1 aliphatic carbocycles. The van der Waals surface area contributed by atoms with E-state index in [0.717, 1.165) is 11.1 Å². The number of rotatable bonds is 3. The summed E-state index contributed by atoms with van der Waals surface area (Å²) in [6, 6.07) is 9.45. The fourth-order valence-corrected chi connectivity index (χ4v) is 2.30. The van der Waals surface area contributed by atoms with Crippen molar-refractivity contribution in [2.45, 2.75) is 6.42 Å². The van der Waals surface area contributed by atoms with E-state index in [4.69, 9.17) is 5.21 Å². The highest BCUT2D eigenvalue weighted by atomic mass is 16.5. The van der Waals surface area contributed by atoms with Gasteiger partial charge in [-0.25, -0.2) is 5.48 Å². The van der Waals surface area contributed by atoms with E-state index in [1.54, 1.807) is 17.6 Å². The molecule has 0 bridgehead atoms. The van der Waals surface area contributed by atoms with Gasteiger partial charge in [0.25, 0.3) is 5.91 Å². The lowest BCUT2D eigenvalue weighted by atomic mass is 9.76. The third kappa shape index (κ3) is 2.35. The second-order valence-corrected chi connectivity index (χ2v) is 4.56. The monoisotopic (exact) mass is 272 g/mol. The molecule has 104 valence electrons. The summed E-state index contributed by atoms with van der Waals surface area (Å²) in [6.07, 6.45) is 5.41. The average Bonchev–Trinajstić information content (AvgIpc) is 2.54. The van der Waals surface area contributed by atoms with Crippen LogP contribution in [-0.2, 0) is 9.59 Å². The van der Waals surface area contributed by atoms with Gasteiger partial charge in [-0.1, -0.05) is 48.6 Å². The zero-order valence-electron chi connectivity index (χ0n) is 11.1. The zero-order chi connectivity index (χ0) is 14.6. The Hall–Kier alpha value is -2.40. The highest BCUT2D eigenvalue weighted by Gasteiger charge is 2.44. The molecule has 1 atom stereocenters. The molecule has 3 N–H and O–H groups in total. The highest BCUT2D eigenvalue weighted by Crippen LogP contribution is 2.34. The summed E-state index contributed by atoms with van der Waals surface area (Å²) in [5, 5.41) is 11.4. The van der Waals surface area contributed by atoms with E-state index in [-0.39, 0.29) is 6.42 Å². The Kier molecular flexibility index (Phi) is 4.00.